The molecular weight excluding hydrogens is 226 g/mol. The van der Waals surface area contributed by atoms with Gasteiger partial charge in [0.1, 0.15) is 17.9 Å². The highest BCUT2D eigenvalue weighted by Gasteiger charge is 2.14. The van der Waals surface area contributed by atoms with Crippen molar-refractivity contribution in [3.05, 3.63) is 42.2 Å². The molecule has 18 heavy (non-hydrogen) atoms. The summed E-state index contributed by atoms with van der Waals surface area (Å²) in [4.78, 5) is 7.84. The van der Waals surface area contributed by atoms with E-state index in [1.54, 1.807) is 6.07 Å². The highest BCUT2D eigenvalue weighted by Crippen LogP contribution is 2.27. The summed E-state index contributed by atoms with van der Waals surface area (Å²) >= 11 is 0. The summed E-state index contributed by atoms with van der Waals surface area (Å²) in [6, 6.07) is 9.57. The van der Waals surface area contributed by atoms with Crippen molar-refractivity contribution in [3.63, 3.8) is 0 Å². The van der Waals surface area contributed by atoms with Crippen molar-refractivity contribution in [2.75, 3.05) is 5.73 Å². The summed E-state index contributed by atoms with van der Waals surface area (Å²) in [6.07, 6.45) is 1.39. The Hall–Kier alpha value is -2.10. The Labute approximate surface area is 107 Å². The summed E-state index contributed by atoms with van der Waals surface area (Å²) in [7, 11) is 0. The molecule has 0 aliphatic heterocycles. The molecule has 1 heterocycles. The minimum absolute atomic E-state index is 0.0874. The molecule has 4 heteroatoms. The Morgan fingerprint density at radius 1 is 1.11 bits per heavy atom. The van der Waals surface area contributed by atoms with Gasteiger partial charge < -0.3 is 10.5 Å². The first-order chi connectivity index (χ1) is 8.45. The van der Waals surface area contributed by atoms with Crippen LogP contribution in [0.15, 0.2) is 36.7 Å². The molecule has 2 aromatic rings. The lowest BCUT2D eigenvalue weighted by atomic mass is 9.87. The van der Waals surface area contributed by atoms with E-state index >= 15 is 0 Å². The maximum Gasteiger partial charge on any atom is 0.224 e. The van der Waals surface area contributed by atoms with Gasteiger partial charge in [-0.25, -0.2) is 9.97 Å². The lowest BCUT2D eigenvalue weighted by molar-refractivity contribution is 0.459. The van der Waals surface area contributed by atoms with Gasteiger partial charge in [-0.2, -0.15) is 0 Å². The number of nitrogens with two attached hydrogens (primary N) is 1. The number of aromatic nitrogens is 2. The van der Waals surface area contributed by atoms with Crippen LogP contribution in [0.1, 0.15) is 26.3 Å². The molecular formula is C14H17N3O. The molecule has 0 bridgehead atoms. The number of nitrogen functional groups attached to an aromatic ring is 1. The van der Waals surface area contributed by atoms with Crippen LogP contribution in [0.4, 0.5) is 5.82 Å². The van der Waals surface area contributed by atoms with E-state index in [0.717, 1.165) is 5.75 Å². The highest BCUT2D eigenvalue weighted by molar-refractivity contribution is 5.37. The number of ether oxygens (including phenoxy) is 1. The van der Waals surface area contributed by atoms with E-state index in [2.05, 4.69) is 36.8 Å². The van der Waals surface area contributed by atoms with Crippen molar-refractivity contribution in [1.82, 2.24) is 9.97 Å². The summed E-state index contributed by atoms with van der Waals surface area (Å²) < 4.78 is 5.66. The van der Waals surface area contributed by atoms with Gasteiger partial charge in [0.05, 0.1) is 0 Å². The largest absolute Gasteiger partial charge is 0.439 e. The molecule has 2 N–H and O–H groups in total. The lowest BCUT2D eigenvalue weighted by Crippen LogP contribution is -2.10. The number of benzene rings is 1. The summed E-state index contributed by atoms with van der Waals surface area (Å²) in [5, 5.41) is 0. The highest BCUT2D eigenvalue weighted by atomic mass is 16.5. The maximum atomic E-state index is 5.66. The molecule has 0 spiro atoms. The fraction of sp³-hybridized carbons (Fsp3) is 0.286. The monoisotopic (exact) mass is 243 g/mol. The van der Waals surface area contributed by atoms with E-state index in [1.807, 2.05) is 18.2 Å². The van der Waals surface area contributed by atoms with Crippen LogP contribution in [0.3, 0.4) is 0 Å². The van der Waals surface area contributed by atoms with Crippen LogP contribution in [0, 0.1) is 0 Å². The maximum absolute atomic E-state index is 5.66. The molecule has 94 valence electrons. The van der Waals surface area contributed by atoms with Crippen LogP contribution >= 0.6 is 0 Å². The van der Waals surface area contributed by atoms with Crippen LogP contribution in [0.25, 0.3) is 0 Å². The Balaban J connectivity index is 2.25. The van der Waals surface area contributed by atoms with Gasteiger partial charge in [0.25, 0.3) is 0 Å². The first kappa shape index (κ1) is 12.4. The van der Waals surface area contributed by atoms with Gasteiger partial charge in [-0.15, -0.1) is 0 Å². The standard InChI is InChI=1S/C14H17N3O/c1-14(2,3)10-5-4-6-11(7-10)18-13-8-12(15)16-9-17-13/h4-9H,1-3H3,(H2,15,16,17). The predicted molar refractivity (Wildman–Crippen MR) is 71.7 cm³/mol. The Bertz CT molecular complexity index is 547. The SMILES string of the molecule is CC(C)(C)c1cccc(Oc2cc(N)ncn2)c1. The molecule has 1 aromatic heterocycles. The predicted octanol–water partition coefficient (Wildman–Crippen LogP) is 3.15. The second-order valence-electron chi connectivity index (χ2n) is 5.16. The van der Waals surface area contributed by atoms with E-state index in [9.17, 15) is 0 Å². The molecule has 4 nitrogen and oxygen atoms in total. The second kappa shape index (κ2) is 4.64. The van der Waals surface area contributed by atoms with E-state index < -0.39 is 0 Å². The Morgan fingerprint density at radius 2 is 1.89 bits per heavy atom. The fourth-order valence-corrected chi connectivity index (χ4v) is 1.56. The first-order valence-electron chi connectivity index (χ1n) is 5.81. The van der Waals surface area contributed by atoms with Crippen LogP contribution in [0.5, 0.6) is 11.6 Å². The van der Waals surface area contributed by atoms with Gasteiger partial charge >= 0.3 is 0 Å². The Morgan fingerprint density at radius 3 is 2.56 bits per heavy atom. The molecule has 1 aromatic carbocycles. The molecule has 0 aliphatic carbocycles. The minimum atomic E-state index is 0.0874. The van der Waals surface area contributed by atoms with E-state index in [0.29, 0.717) is 11.7 Å². The lowest BCUT2D eigenvalue weighted by Gasteiger charge is -2.19. The minimum Gasteiger partial charge on any atom is -0.439 e. The Kier molecular flexibility index (Phi) is 3.19. The number of hydrogen-bond acceptors (Lipinski definition) is 4. The van der Waals surface area contributed by atoms with Gasteiger partial charge in [-0.3, -0.25) is 0 Å². The number of rotatable bonds is 2. The molecule has 0 aliphatic rings. The van der Waals surface area contributed by atoms with Crippen molar-refractivity contribution < 1.29 is 4.74 Å². The normalized spacial score (nSPS) is 11.3. The molecule has 0 amide bonds. The van der Waals surface area contributed by atoms with Crippen LogP contribution < -0.4 is 10.5 Å². The van der Waals surface area contributed by atoms with Crippen LogP contribution in [0.2, 0.25) is 0 Å². The molecule has 0 saturated heterocycles. The third kappa shape index (κ3) is 2.97. The summed E-state index contributed by atoms with van der Waals surface area (Å²) in [5.41, 5.74) is 6.88. The third-order valence-corrected chi connectivity index (χ3v) is 2.59. The smallest absolute Gasteiger partial charge is 0.224 e. The summed E-state index contributed by atoms with van der Waals surface area (Å²) in [5.74, 6) is 1.60. The van der Waals surface area contributed by atoms with E-state index in [-0.39, 0.29) is 5.41 Å². The van der Waals surface area contributed by atoms with Crippen molar-refractivity contribution in [3.8, 4) is 11.6 Å². The van der Waals surface area contributed by atoms with Gasteiger partial charge in [0, 0.05) is 6.07 Å². The van der Waals surface area contributed by atoms with Crippen molar-refractivity contribution >= 4 is 5.82 Å². The number of nitrogens with zero attached hydrogens (tertiary/aromatic N) is 2. The van der Waals surface area contributed by atoms with Crippen LogP contribution in [-0.4, -0.2) is 9.97 Å². The van der Waals surface area contributed by atoms with Gasteiger partial charge in [0.2, 0.25) is 5.88 Å². The van der Waals surface area contributed by atoms with E-state index in [1.165, 1.54) is 11.9 Å². The quantitative estimate of drug-likeness (QED) is 0.880. The topological polar surface area (TPSA) is 61.0 Å². The van der Waals surface area contributed by atoms with Crippen molar-refractivity contribution in [1.29, 1.82) is 0 Å². The molecule has 0 atom stereocenters. The number of anilines is 1. The fourth-order valence-electron chi connectivity index (χ4n) is 1.56. The zero-order valence-corrected chi connectivity index (χ0v) is 10.8. The first-order valence-corrected chi connectivity index (χ1v) is 5.81. The number of hydrogen-bond donors (Lipinski definition) is 1. The van der Waals surface area contributed by atoms with Gasteiger partial charge in [-0.05, 0) is 23.1 Å². The molecule has 0 unspecified atom stereocenters. The molecule has 0 radical (unpaired) electrons. The van der Waals surface area contributed by atoms with Gasteiger partial charge in [-0.1, -0.05) is 32.9 Å². The molecule has 0 fully saturated rings. The van der Waals surface area contributed by atoms with Crippen molar-refractivity contribution in [2.24, 2.45) is 0 Å². The average molecular weight is 243 g/mol. The van der Waals surface area contributed by atoms with E-state index in [4.69, 9.17) is 10.5 Å². The van der Waals surface area contributed by atoms with Crippen molar-refractivity contribution in [2.45, 2.75) is 26.2 Å². The second-order valence-corrected chi connectivity index (χ2v) is 5.16. The van der Waals surface area contributed by atoms with Gasteiger partial charge in [0.15, 0.2) is 0 Å². The molecule has 0 saturated carbocycles. The third-order valence-electron chi connectivity index (χ3n) is 2.59. The average Bonchev–Trinajstić information content (AvgIpc) is 2.28. The van der Waals surface area contributed by atoms with Crippen LogP contribution in [-0.2, 0) is 5.41 Å². The summed E-state index contributed by atoms with van der Waals surface area (Å²) in [6.45, 7) is 6.48. The zero-order chi connectivity index (χ0) is 13.2. The zero-order valence-electron chi connectivity index (χ0n) is 10.8. The molecule has 2 rings (SSSR count).